The molecule has 20 heavy (non-hydrogen) atoms. The number of hydrogen-bond donors (Lipinski definition) is 0. The van der Waals surface area contributed by atoms with Crippen LogP contribution in [0.5, 0.6) is 5.75 Å². The third kappa shape index (κ3) is 4.68. The minimum Gasteiger partial charge on any atom is -0.462 e. The normalized spacial score (nSPS) is 11.0. The summed E-state index contributed by atoms with van der Waals surface area (Å²) in [6.45, 7) is 7.68. The van der Waals surface area contributed by atoms with Gasteiger partial charge in [-0.2, -0.15) is 0 Å². The summed E-state index contributed by atoms with van der Waals surface area (Å²) in [6, 6.07) is 6.62. The summed E-state index contributed by atoms with van der Waals surface area (Å²) in [5, 5.41) is 0. The Balaban J connectivity index is 2.83. The first-order chi connectivity index (χ1) is 9.36. The van der Waals surface area contributed by atoms with Gasteiger partial charge in [-0.25, -0.2) is 4.79 Å². The van der Waals surface area contributed by atoms with Crippen LogP contribution in [0.3, 0.4) is 0 Å². The maximum atomic E-state index is 12.0. The quantitative estimate of drug-likeness (QED) is 0.469. The molecule has 0 fully saturated rings. The summed E-state index contributed by atoms with van der Waals surface area (Å²) < 4.78 is 10.4. The van der Waals surface area contributed by atoms with Crippen LogP contribution in [0.15, 0.2) is 24.3 Å². The lowest BCUT2D eigenvalue weighted by molar-refractivity contribution is -0.143. The van der Waals surface area contributed by atoms with Crippen LogP contribution in [0.2, 0.25) is 0 Å². The number of hydrogen-bond acceptors (Lipinski definition) is 4. The first-order valence-corrected chi connectivity index (χ1v) is 6.84. The number of carbonyl (C=O) groups excluding carboxylic acids is 2. The minimum atomic E-state index is -0.626. The van der Waals surface area contributed by atoms with Crippen molar-refractivity contribution >= 4 is 11.9 Å². The van der Waals surface area contributed by atoms with E-state index in [2.05, 4.69) is 0 Å². The number of rotatable bonds is 5. The number of benzene rings is 1. The first kappa shape index (κ1) is 16.2. The van der Waals surface area contributed by atoms with Gasteiger partial charge in [-0.15, -0.1) is 0 Å². The van der Waals surface area contributed by atoms with Gasteiger partial charge in [-0.3, -0.25) is 4.79 Å². The first-order valence-electron chi connectivity index (χ1n) is 6.84. The molecular weight excluding hydrogens is 256 g/mol. The lowest BCUT2D eigenvalue weighted by Crippen LogP contribution is -2.26. The molecule has 0 aliphatic carbocycles. The van der Waals surface area contributed by atoms with E-state index in [0.29, 0.717) is 6.61 Å². The molecule has 0 amide bonds. The van der Waals surface area contributed by atoms with E-state index in [1.165, 1.54) is 0 Å². The SMILES string of the molecule is CCCCOC(=O)c1ccccc1OC(=O)C(C)(C)C. The Morgan fingerprint density at radius 3 is 2.40 bits per heavy atom. The van der Waals surface area contributed by atoms with Crippen molar-refractivity contribution in [3.8, 4) is 5.75 Å². The highest BCUT2D eigenvalue weighted by Gasteiger charge is 2.25. The Labute approximate surface area is 120 Å². The Hall–Kier alpha value is -1.84. The van der Waals surface area contributed by atoms with E-state index in [9.17, 15) is 9.59 Å². The average Bonchev–Trinajstić information content (AvgIpc) is 2.38. The molecule has 4 heteroatoms. The monoisotopic (exact) mass is 278 g/mol. The van der Waals surface area contributed by atoms with Crippen LogP contribution >= 0.6 is 0 Å². The van der Waals surface area contributed by atoms with Crippen LogP contribution < -0.4 is 4.74 Å². The molecule has 1 rings (SSSR count). The van der Waals surface area contributed by atoms with Crippen molar-refractivity contribution < 1.29 is 19.1 Å². The highest BCUT2D eigenvalue weighted by molar-refractivity contribution is 5.93. The largest absolute Gasteiger partial charge is 0.462 e. The molecule has 1 aromatic rings. The Morgan fingerprint density at radius 2 is 1.80 bits per heavy atom. The molecule has 0 aliphatic rings. The van der Waals surface area contributed by atoms with Gasteiger partial charge in [0.2, 0.25) is 0 Å². The Kier molecular flexibility index (Phi) is 5.74. The van der Waals surface area contributed by atoms with Gasteiger partial charge in [0.05, 0.1) is 12.0 Å². The van der Waals surface area contributed by atoms with Crippen LogP contribution in [0, 0.1) is 5.41 Å². The maximum Gasteiger partial charge on any atom is 0.341 e. The summed E-state index contributed by atoms with van der Waals surface area (Å²) in [4.78, 5) is 23.9. The number of para-hydroxylation sites is 1. The molecule has 0 radical (unpaired) electrons. The molecule has 0 saturated heterocycles. The average molecular weight is 278 g/mol. The highest BCUT2D eigenvalue weighted by Crippen LogP contribution is 2.23. The summed E-state index contributed by atoms with van der Waals surface area (Å²) >= 11 is 0. The van der Waals surface area contributed by atoms with Gasteiger partial charge >= 0.3 is 11.9 Å². The van der Waals surface area contributed by atoms with Gasteiger partial charge in [-0.05, 0) is 39.3 Å². The van der Waals surface area contributed by atoms with E-state index in [4.69, 9.17) is 9.47 Å². The van der Waals surface area contributed by atoms with Crippen LogP contribution in [-0.4, -0.2) is 18.5 Å². The van der Waals surface area contributed by atoms with Crippen molar-refractivity contribution in [1.29, 1.82) is 0 Å². The predicted octanol–water partition coefficient (Wildman–Crippen LogP) is 3.60. The van der Waals surface area contributed by atoms with Gasteiger partial charge in [0.1, 0.15) is 11.3 Å². The van der Waals surface area contributed by atoms with Crippen molar-refractivity contribution in [3.05, 3.63) is 29.8 Å². The Bertz CT molecular complexity index is 472. The summed E-state index contributed by atoms with van der Waals surface area (Å²) in [7, 11) is 0. The minimum absolute atomic E-state index is 0.244. The number of esters is 2. The molecule has 1 aromatic carbocycles. The van der Waals surface area contributed by atoms with E-state index >= 15 is 0 Å². The molecule has 0 bridgehead atoms. The molecule has 110 valence electrons. The smallest absolute Gasteiger partial charge is 0.341 e. The highest BCUT2D eigenvalue weighted by atomic mass is 16.5. The van der Waals surface area contributed by atoms with Crippen LogP contribution in [0.25, 0.3) is 0 Å². The van der Waals surface area contributed by atoms with Gasteiger partial charge in [0.25, 0.3) is 0 Å². The Morgan fingerprint density at radius 1 is 1.15 bits per heavy atom. The summed E-state index contributed by atoms with van der Waals surface area (Å²) in [6.07, 6.45) is 1.77. The molecule has 4 nitrogen and oxygen atoms in total. The van der Waals surface area contributed by atoms with Gasteiger partial charge < -0.3 is 9.47 Å². The van der Waals surface area contributed by atoms with E-state index < -0.39 is 11.4 Å². The maximum absolute atomic E-state index is 12.0. The zero-order valence-corrected chi connectivity index (χ0v) is 12.6. The van der Waals surface area contributed by atoms with Crippen molar-refractivity contribution in [3.63, 3.8) is 0 Å². The predicted molar refractivity (Wildman–Crippen MR) is 76.7 cm³/mol. The molecule has 0 saturated carbocycles. The molecule has 0 spiro atoms. The zero-order chi connectivity index (χ0) is 15.2. The molecule has 0 aromatic heterocycles. The van der Waals surface area contributed by atoms with E-state index in [0.717, 1.165) is 12.8 Å². The van der Waals surface area contributed by atoms with E-state index in [1.54, 1.807) is 45.0 Å². The van der Waals surface area contributed by atoms with Crippen molar-refractivity contribution in [2.45, 2.75) is 40.5 Å². The summed E-state index contributed by atoms with van der Waals surface area (Å²) in [5.41, 5.74) is -0.347. The second kappa shape index (κ2) is 7.08. The molecule has 0 unspecified atom stereocenters. The number of carbonyl (C=O) groups is 2. The number of ether oxygens (including phenoxy) is 2. The molecular formula is C16H22O4. The molecule has 0 N–H and O–H groups in total. The zero-order valence-electron chi connectivity index (χ0n) is 12.6. The molecule has 0 aliphatic heterocycles. The van der Waals surface area contributed by atoms with Crippen LogP contribution in [0.4, 0.5) is 0 Å². The van der Waals surface area contributed by atoms with E-state index in [1.807, 2.05) is 6.92 Å². The third-order valence-corrected chi connectivity index (χ3v) is 2.65. The second-order valence-electron chi connectivity index (χ2n) is 5.63. The van der Waals surface area contributed by atoms with Crippen molar-refractivity contribution in [1.82, 2.24) is 0 Å². The third-order valence-electron chi connectivity index (χ3n) is 2.65. The van der Waals surface area contributed by atoms with Crippen LogP contribution in [0.1, 0.15) is 50.9 Å². The van der Waals surface area contributed by atoms with Crippen LogP contribution in [-0.2, 0) is 9.53 Å². The van der Waals surface area contributed by atoms with Gasteiger partial charge in [0.15, 0.2) is 0 Å². The van der Waals surface area contributed by atoms with E-state index in [-0.39, 0.29) is 17.3 Å². The summed E-state index contributed by atoms with van der Waals surface area (Å²) in [5.74, 6) is -0.601. The van der Waals surface area contributed by atoms with Gasteiger partial charge in [-0.1, -0.05) is 25.5 Å². The second-order valence-corrected chi connectivity index (χ2v) is 5.63. The van der Waals surface area contributed by atoms with Gasteiger partial charge in [0, 0.05) is 0 Å². The van der Waals surface area contributed by atoms with Crippen molar-refractivity contribution in [2.24, 2.45) is 5.41 Å². The molecule has 0 heterocycles. The standard InChI is InChI=1S/C16H22O4/c1-5-6-11-19-14(17)12-9-7-8-10-13(12)20-15(18)16(2,3)4/h7-10H,5-6,11H2,1-4H3. The topological polar surface area (TPSA) is 52.6 Å². The fourth-order valence-electron chi connectivity index (χ4n) is 1.36. The van der Waals surface area contributed by atoms with Crippen molar-refractivity contribution in [2.75, 3.05) is 6.61 Å². The fourth-order valence-corrected chi connectivity index (χ4v) is 1.36. The lowest BCUT2D eigenvalue weighted by Gasteiger charge is -2.17. The number of unbranched alkanes of at least 4 members (excludes halogenated alkanes) is 1. The fraction of sp³-hybridized carbons (Fsp3) is 0.500. The lowest BCUT2D eigenvalue weighted by atomic mass is 9.97. The molecule has 0 atom stereocenters.